The maximum Gasteiger partial charge on any atom is 0.252 e. The summed E-state index contributed by atoms with van der Waals surface area (Å²) < 4.78 is 0. The fourth-order valence-corrected chi connectivity index (χ4v) is 10.0. The molecule has 8 rings (SSSR count). The summed E-state index contributed by atoms with van der Waals surface area (Å²) in [6.45, 7) is 19.2. The first kappa shape index (κ1) is 30.0. The van der Waals surface area contributed by atoms with E-state index in [9.17, 15) is 0 Å². The minimum atomic E-state index is -1.59. The van der Waals surface area contributed by atoms with Crippen LogP contribution in [0.15, 0.2) is 115 Å². The van der Waals surface area contributed by atoms with Gasteiger partial charge in [-0.1, -0.05) is 134 Å². The van der Waals surface area contributed by atoms with Crippen LogP contribution < -0.4 is 36.6 Å². The minimum Gasteiger partial charge on any atom is -0.311 e. The fourth-order valence-electron chi connectivity index (χ4n) is 7.68. The Labute approximate surface area is 282 Å². The van der Waals surface area contributed by atoms with E-state index in [1.165, 1.54) is 82.8 Å². The standard InChI is InChI=1S/C42H43BN2Si2/c1-28-13-16-32(17-14-28)45-39-23-15-29(2)25-36(39)43-37-27-34(47(6,7)8)22-24-38(37)44(31-18-20-33(21-19-31)46(3,4)5)40-26-30-11-9-10-12-35(30)42(45)41(40)43/h9-27H,1-8H3. The average molecular weight is 643 g/mol. The van der Waals surface area contributed by atoms with Crippen molar-refractivity contribution in [2.45, 2.75) is 53.1 Å². The third-order valence-electron chi connectivity index (χ3n) is 10.3. The number of hydrogen-bond acceptors (Lipinski definition) is 2. The summed E-state index contributed by atoms with van der Waals surface area (Å²) in [6.07, 6.45) is 0. The van der Waals surface area contributed by atoms with Crippen LogP contribution >= 0.6 is 0 Å². The van der Waals surface area contributed by atoms with E-state index in [2.05, 4.69) is 178 Å². The molecule has 2 aliphatic rings. The molecule has 0 saturated heterocycles. The maximum atomic E-state index is 2.57. The molecular formula is C42H43BN2Si2. The highest BCUT2D eigenvalue weighted by atomic mass is 28.3. The molecule has 0 aliphatic carbocycles. The first-order chi connectivity index (χ1) is 22.4. The van der Waals surface area contributed by atoms with Gasteiger partial charge in [0.05, 0.1) is 21.8 Å². The first-order valence-electron chi connectivity index (χ1n) is 17.0. The lowest BCUT2D eigenvalue weighted by Gasteiger charge is -2.45. The van der Waals surface area contributed by atoms with Gasteiger partial charge in [-0.3, -0.25) is 0 Å². The topological polar surface area (TPSA) is 6.48 Å². The van der Waals surface area contributed by atoms with Crippen molar-refractivity contribution >= 4 is 94.5 Å². The molecular weight excluding hydrogens is 599 g/mol. The summed E-state index contributed by atoms with van der Waals surface area (Å²) in [6, 6.07) is 44.5. The first-order valence-corrected chi connectivity index (χ1v) is 24.0. The highest BCUT2D eigenvalue weighted by Gasteiger charge is 2.44. The van der Waals surface area contributed by atoms with Crippen molar-refractivity contribution in [3.8, 4) is 0 Å². The number of nitrogens with zero attached hydrogens (tertiary/aromatic N) is 2. The van der Waals surface area contributed by atoms with Crippen LogP contribution in [0, 0.1) is 13.8 Å². The Balaban J connectivity index is 1.52. The quantitative estimate of drug-likeness (QED) is 0.177. The number of benzene rings is 6. The summed E-state index contributed by atoms with van der Waals surface area (Å²) in [5.74, 6) is 0. The van der Waals surface area contributed by atoms with Gasteiger partial charge >= 0.3 is 0 Å². The molecule has 0 radical (unpaired) electrons. The molecule has 0 unspecified atom stereocenters. The Hall–Kier alpha value is -4.32. The van der Waals surface area contributed by atoms with E-state index in [0.717, 1.165) is 0 Å². The number of anilines is 6. The minimum absolute atomic E-state index is 0.130. The van der Waals surface area contributed by atoms with Gasteiger partial charge in [-0.05, 0) is 78.1 Å². The number of rotatable bonds is 4. The molecule has 0 saturated carbocycles. The predicted molar refractivity (Wildman–Crippen MR) is 213 cm³/mol. The van der Waals surface area contributed by atoms with Crippen LogP contribution in [0.5, 0.6) is 0 Å². The molecule has 0 spiro atoms. The molecule has 6 aromatic rings. The molecule has 0 aromatic heterocycles. The zero-order chi connectivity index (χ0) is 32.8. The third kappa shape index (κ3) is 4.82. The van der Waals surface area contributed by atoms with Crippen molar-refractivity contribution in [1.29, 1.82) is 0 Å². The van der Waals surface area contributed by atoms with Crippen LogP contribution in [0.25, 0.3) is 10.8 Å². The van der Waals surface area contributed by atoms with E-state index in [0.29, 0.717) is 0 Å². The van der Waals surface area contributed by atoms with Gasteiger partial charge in [0.2, 0.25) is 0 Å². The van der Waals surface area contributed by atoms with Crippen molar-refractivity contribution in [3.63, 3.8) is 0 Å². The SMILES string of the molecule is Cc1ccc(N2c3ccc(C)cc3B3c4cc([Si](C)(C)C)ccc4N(c4ccc([Si](C)(C)C)cc4)c4cc5ccccc5c2c43)cc1. The molecule has 2 aliphatic heterocycles. The van der Waals surface area contributed by atoms with Gasteiger partial charge in [0.1, 0.15) is 0 Å². The predicted octanol–water partition coefficient (Wildman–Crippen LogP) is 8.63. The molecule has 0 amide bonds. The Bertz CT molecular complexity index is 2190. The maximum absolute atomic E-state index is 2.57. The van der Waals surface area contributed by atoms with Gasteiger partial charge in [0.15, 0.2) is 0 Å². The van der Waals surface area contributed by atoms with Crippen LogP contribution in [0.2, 0.25) is 39.3 Å². The summed E-state index contributed by atoms with van der Waals surface area (Å²) in [4.78, 5) is 5.11. The Morgan fingerprint density at radius 3 is 1.74 bits per heavy atom. The summed E-state index contributed by atoms with van der Waals surface area (Å²) >= 11 is 0. The van der Waals surface area contributed by atoms with Gasteiger partial charge < -0.3 is 9.80 Å². The highest BCUT2D eigenvalue weighted by molar-refractivity contribution is 7.01. The van der Waals surface area contributed by atoms with E-state index in [-0.39, 0.29) is 6.71 Å². The van der Waals surface area contributed by atoms with E-state index < -0.39 is 16.1 Å². The number of aryl methyl sites for hydroxylation is 2. The highest BCUT2D eigenvalue weighted by Crippen LogP contribution is 2.47. The van der Waals surface area contributed by atoms with Crippen LogP contribution in [-0.2, 0) is 0 Å². The van der Waals surface area contributed by atoms with Crippen molar-refractivity contribution in [2.24, 2.45) is 0 Å². The third-order valence-corrected chi connectivity index (χ3v) is 14.4. The zero-order valence-electron chi connectivity index (χ0n) is 28.9. The second kappa shape index (κ2) is 10.6. The molecule has 2 heterocycles. The number of fused-ring (bicyclic) bond motifs is 6. The van der Waals surface area contributed by atoms with Crippen molar-refractivity contribution in [3.05, 3.63) is 126 Å². The summed E-state index contributed by atoms with van der Waals surface area (Å²) in [5, 5.41) is 5.55. The lowest BCUT2D eigenvalue weighted by atomic mass is 9.33. The van der Waals surface area contributed by atoms with Crippen LogP contribution in [0.3, 0.4) is 0 Å². The molecule has 232 valence electrons. The molecule has 6 aromatic carbocycles. The average Bonchev–Trinajstić information content (AvgIpc) is 3.04. The van der Waals surface area contributed by atoms with Crippen LogP contribution in [-0.4, -0.2) is 22.9 Å². The smallest absolute Gasteiger partial charge is 0.252 e. The Morgan fingerprint density at radius 1 is 0.489 bits per heavy atom. The van der Waals surface area contributed by atoms with E-state index >= 15 is 0 Å². The second-order valence-corrected chi connectivity index (χ2v) is 25.9. The molecule has 0 fully saturated rings. The van der Waals surface area contributed by atoms with Crippen molar-refractivity contribution < 1.29 is 0 Å². The Morgan fingerprint density at radius 2 is 1.04 bits per heavy atom. The zero-order valence-corrected chi connectivity index (χ0v) is 30.9. The van der Waals surface area contributed by atoms with Gasteiger partial charge in [-0.15, -0.1) is 0 Å². The lowest BCUT2D eigenvalue weighted by Crippen LogP contribution is -2.62. The summed E-state index contributed by atoms with van der Waals surface area (Å²) in [7, 11) is -3.04. The van der Waals surface area contributed by atoms with E-state index in [1.54, 1.807) is 0 Å². The number of hydrogen-bond donors (Lipinski definition) is 0. The van der Waals surface area contributed by atoms with E-state index in [4.69, 9.17) is 0 Å². The second-order valence-electron chi connectivity index (χ2n) is 15.7. The monoisotopic (exact) mass is 642 g/mol. The van der Waals surface area contributed by atoms with Gasteiger partial charge in [0, 0.05) is 33.8 Å². The molecule has 5 heteroatoms. The van der Waals surface area contributed by atoms with Gasteiger partial charge in [-0.2, -0.15) is 0 Å². The summed E-state index contributed by atoms with van der Waals surface area (Å²) in [5.41, 5.74) is 14.3. The van der Waals surface area contributed by atoms with Gasteiger partial charge in [0.25, 0.3) is 6.71 Å². The fraction of sp³-hybridized carbons (Fsp3) is 0.190. The van der Waals surface area contributed by atoms with Crippen LogP contribution in [0.4, 0.5) is 34.1 Å². The lowest BCUT2D eigenvalue weighted by molar-refractivity contribution is 1.26. The van der Waals surface area contributed by atoms with Crippen LogP contribution in [0.1, 0.15) is 11.1 Å². The van der Waals surface area contributed by atoms with E-state index in [1.807, 2.05) is 0 Å². The van der Waals surface area contributed by atoms with Crippen molar-refractivity contribution in [1.82, 2.24) is 0 Å². The molecule has 0 atom stereocenters. The molecule has 0 N–H and O–H groups in total. The molecule has 47 heavy (non-hydrogen) atoms. The largest absolute Gasteiger partial charge is 0.311 e. The van der Waals surface area contributed by atoms with Crippen molar-refractivity contribution in [2.75, 3.05) is 9.80 Å². The van der Waals surface area contributed by atoms with Gasteiger partial charge in [-0.25, -0.2) is 0 Å². The molecule has 0 bridgehead atoms. The molecule has 2 nitrogen and oxygen atoms in total. The Kier molecular flexibility index (Phi) is 6.77. The normalized spacial score (nSPS) is 13.8.